The summed E-state index contributed by atoms with van der Waals surface area (Å²) in [4.78, 5) is 50.4. The monoisotopic (exact) mass is 290 g/mol. The molecule has 0 radical (unpaired) electrons. The lowest BCUT2D eigenvalue weighted by atomic mass is 10.2. The number of carbonyl (C=O) groups is 2. The number of carbonyl (C=O) groups excluding carboxylic acids is 2. The zero-order valence-corrected chi connectivity index (χ0v) is 11.4. The van der Waals surface area contributed by atoms with Gasteiger partial charge in [0.2, 0.25) is 5.91 Å². The Labute approximate surface area is 118 Å². The summed E-state index contributed by atoms with van der Waals surface area (Å²) in [6.07, 6.45) is 0. The summed E-state index contributed by atoms with van der Waals surface area (Å²) in [6, 6.07) is 4.36. The molecule has 1 aromatic heterocycles. The molecule has 2 aromatic rings. The standard InChI is InChI=1S/C13H14N4O4/c1-6(2)10(18)16-17-11(19)7-3-4-8-9(5-7)15-13(21)12(20)14-8/h3-6H,1-2H3,(H,14,20)(H,15,21)(H,16,18)(H,17,19). The van der Waals surface area contributed by atoms with E-state index in [0.717, 1.165) is 0 Å². The molecule has 0 bridgehead atoms. The van der Waals surface area contributed by atoms with E-state index >= 15 is 0 Å². The average Bonchev–Trinajstić information content (AvgIpc) is 2.45. The van der Waals surface area contributed by atoms with Gasteiger partial charge in [0.1, 0.15) is 0 Å². The van der Waals surface area contributed by atoms with Crippen LogP contribution >= 0.6 is 0 Å². The summed E-state index contributed by atoms with van der Waals surface area (Å²) in [5.74, 6) is -1.11. The summed E-state index contributed by atoms with van der Waals surface area (Å²) in [5, 5.41) is 0. The topological polar surface area (TPSA) is 124 Å². The summed E-state index contributed by atoms with van der Waals surface area (Å²) in [6.45, 7) is 3.39. The van der Waals surface area contributed by atoms with Crippen LogP contribution in [0.25, 0.3) is 11.0 Å². The fourth-order valence-electron chi connectivity index (χ4n) is 1.59. The van der Waals surface area contributed by atoms with E-state index in [4.69, 9.17) is 0 Å². The zero-order chi connectivity index (χ0) is 15.6. The van der Waals surface area contributed by atoms with Gasteiger partial charge in [-0.05, 0) is 18.2 Å². The van der Waals surface area contributed by atoms with Crippen LogP contribution in [0.5, 0.6) is 0 Å². The molecule has 0 saturated carbocycles. The molecule has 1 aromatic carbocycles. The second kappa shape index (κ2) is 5.61. The molecule has 0 atom stereocenters. The number of aromatic amines is 2. The van der Waals surface area contributed by atoms with Gasteiger partial charge >= 0.3 is 11.1 Å². The average molecular weight is 290 g/mol. The molecule has 0 spiro atoms. The van der Waals surface area contributed by atoms with E-state index in [0.29, 0.717) is 11.0 Å². The van der Waals surface area contributed by atoms with Gasteiger partial charge in [0.25, 0.3) is 5.91 Å². The number of hydrazine groups is 1. The van der Waals surface area contributed by atoms with Gasteiger partial charge in [-0.1, -0.05) is 13.8 Å². The van der Waals surface area contributed by atoms with Crippen LogP contribution in [0.1, 0.15) is 24.2 Å². The summed E-state index contributed by atoms with van der Waals surface area (Å²) >= 11 is 0. The van der Waals surface area contributed by atoms with Crippen LogP contribution in [0.15, 0.2) is 27.8 Å². The quantitative estimate of drug-likeness (QED) is 0.445. The van der Waals surface area contributed by atoms with Gasteiger partial charge in [0.15, 0.2) is 0 Å². The molecular formula is C13H14N4O4. The normalized spacial score (nSPS) is 10.6. The van der Waals surface area contributed by atoms with Crippen molar-refractivity contribution >= 4 is 22.8 Å². The number of hydrogen-bond donors (Lipinski definition) is 4. The number of benzene rings is 1. The third-order valence-corrected chi connectivity index (χ3v) is 2.81. The van der Waals surface area contributed by atoms with Crippen LogP contribution < -0.4 is 22.0 Å². The summed E-state index contributed by atoms with van der Waals surface area (Å²) in [7, 11) is 0. The number of fused-ring (bicyclic) bond motifs is 1. The fraction of sp³-hybridized carbons (Fsp3) is 0.231. The minimum Gasteiger partial charge on any atom is -0.316 e. The second-order valence-electron chi connectivity index (χ2n) is 4.77. The number of hydrogen-bond acceptors (Lipinski definition) is 4. The fourth-order valence-corrected chi connectivity index (χ4v) is 1.59. The molecule has 0 aliphatic carbocycles. The summed E-state index contributed by atoms with van der Waals surface area (Å²) in [5.41, 5.74) is 3.95. The van der Waals surface area contributed by atoms with Crippen LogP contribution in [0, 0.1) is 5.92 Å². The van der Waals surface area contributed by atoms with E-state index in [1.807, 2.05) is 0 Å². The Morgan fingerprint density at radius 1 is 1.00 bits per heavy atom. The van der Waals surface area contributed by atoms with Crippen molar-refractivity contribution in [2.24, 2.45) is 5.92 Å². The van der Waals surface area contributed by atoms with Crippen molar-refractivity contribution in [2.75, 3.05) is 0 Å². The Bertz CT molecular complexity index is 819. The van der Waals surface area contributed by atoms with Crippen molar-refractivity contribution in [1.82, 2.24) is 20.8 Å². The van der Waals surface area contributed by atoms with Gasteiger partial charge in [0, 0.05) is 11.5 Å². The Morgan fingerprint density at radius 3 is 2.24 bits per heavy atom. The Hall–Kier alpha value is -2.90. The number of amides is 2. The first kappa shape index (κ1) is 14.5. The maximum Gasteiger partial charge on any atom is 0.314 e. The molecule has 0 aliphatic rings. The Kier molecular flexibility index (Phi) is 3.88. The van der Waals surface area contributed by atoms with E-state index in [1.165, 1.54) is 18.2 Å². The molecule has 0 unspecified atom stereocenters. The molecule has 8 nitrogen and oxygen atoms in total. The minimum atomic E-state index is -0.798. The molecule has 0 fully saturated rings. The Balaban J connectivity index is 2.24. The highest BCUT2D eigenvalue weighted by Crippen LogP contribution is 2.08. The highest BCUT2D eigenvalue weighted by atomic mass is 16.2. The largest absolute Gasteiger partial charge is 0.316 e. The predicted octanol–water partition coefficient (Wildman–Crippen LogP) is -0.367. The molecule has 1 heterocycles. The maximum absolute atomic E-state index is 11.9. The third kappa shape index (κ3) is 3.16. The van der Waals surface area contributed by atoms with Crippen molar-refractivity contribution in [2.45, 2.75) is 13.8 Å². The van der Waals surface area contributed by atoms with E-state index in [2.05, 4.69) is 20.8 Å². The lowest BCUT2D eigenvalue weighted by Gasteiger charge is -2.09. The van der Waals surface area contributed by atoms with Crippen LogP contribution in [0.4, 0.5) is 0 Å². The van der Waals surface area contributed by atoms with E-state index in [9.17, 15) is 19.2 Å². The molecule has 110 valence electrons. The molecule has 21 heavy (non-hydrogen) atoms. The number of rotatable bonds is 2. The second-order valence-corrected chi connectivity index (χ2v) is 4.77. The van der Waals surface area contributed by atoms with Crippen LogP contribution in [-0.2, 0) is 4.79 Å². The summed E-state index contributed by atoms with van der Waals surface area (Å²) < 4.78 is 0. The molecular weight excluding hydrogens is 276 g/mol. The third-order valence-electron chi connectivity index (χ3n) is 2.81. The number of H-pyrrole nitrogens is 2. The van der Waals surface area contributed by atoms with Crippen molar-refractivity contribution in [3.8, 4) is 0 Å². The first-order chi connectivity index (χ1) is 9.88. The Morgan fingerprint density at radius 2 is 1.62 bits per heavy atom. The molecule has 0 saturated heterocycles. The van der Waals surface area contributed by atoms with E-state index in [1.54, 1.807) is 13.8 Å². The van der Waals surface area contributed by atoms with Gasteiger partial charge in [-0.2, -0.15) is 0 Å². The SMILES string of the molecule is CC(C)C(=O)NNC(=O)c1ccc2[nH]c(=O)c(=O)[nH]c2c1. The van der Waals surface area contributed by atoms with Crippen LogP contribution in [-0.4, -0.2) is 21.8 Å². The smallest absolute Gasteiger partial charge is 0.314 e. The van der Waals surface area contributed by atoms with Gasteiger partial charge in [-0.3, -0.25) is 30.0 Å². The molecule has 0 aliphatic heterocycles. The highest BCUT2D eigenvalue weighted by molar-refractivity contribution is 5.98. The van der Waals surface area contributed by atoms with Gasteiger partial charge in [0.05, 0.1) is 11.0 Å². The zero-order valence-electron chi connectivity index (χ0n) is 11.4. The highest BCUT2D eigenvalue weighted by Gasteiger charge is 2.11. The first-order valence-corrected chi connectivity index (χ1v) is 6.25. The number of aromatic nitrogens is 2. The molecule has 4 N–H and O–H groups in total. The molecule has 2 rings (SSSR count). The number of nitrogens with one attached hydrogen (secondary N) is 4. The lowest BCUT2D eigenvalue weighted by Crippen LogP contribution is -2.43. The van der Waals surface area contributed by atoms with Crippen molar-refractivity contribution in [3.05, 3.63) is 44.5 Å². The molecule has 8 heteroatoms. The van der Waals surface area contributed by atoms with Crippen molar-refractivity contribution in [1.29, 1.82) is 0 Å². The van der Waals surface area contributed by atoms with E-state index < -0.39 is 17.0 Å². The van der Waals surface area contributed by atoms with Gasteiger partial charge < -0.3 is 9.97 Å². The molecule has 2 amide bonds. The van der Waals surface area contributed by atoms with Crippen LogP contribution in [0.2, 0.25) is 0 Å². The minimum absolute atomic E-state index is 0.231. The predicted molar refractivity (Wildman–Crippen MR) is 75.6 cm³/mol. The maximum atomic E-state index is 11.9. The van der Waals surface area contributed by atoms with Crippen LogP contribution in [0.3, 0.4) is 0 Å². The van der Waals surface area contributed by atoms with Gasteiger partial charge in [-0.15, -0.1) is 0 Å². The van der Waals surface area contributed by atoms with Crippen molar-refractivity contribution < 1.29 is 9.59 Å². The van der Waals surface area contributed by atoms with Gasteiger partial charge in [-0.25, -0.2) is 0 Å². The van der Waals surface area contributed by atoms with E-state index in [-0.39, 0.29) is 17.4 Å². The van der Waals surface area contributed by atoms with Crippen molar-refractivity contribution in [3.63, 3.8) is 0 Å². The first-order valence-electron chi connectivity index (χ1n) is 6.25. The lowest BCUT2D eigenvalue weighted by molar-refractivity contribution is -0.124.